The van der Waals surface area contributed by atoms with Crippen LogP contribution in [0.5, 0.6) is 0 Å². The molecule has 0 amide bonds. The summed E-state index contributed by atoms with van der Waals surface area (Å²) in [7, 11) is 0. The van der Waals surface area contributed by atoms with Crippen molar-refractivity contribution >= 4 is 29.0 Å². The van der Waals surface area contributed by atoms with E-state index < -0.39 is 17.6 Å². The molecular formula is C12H10ClFNO3+. The second-order valence-corrected chi connectivity index (χ2v) is 4.06. The summed E-state index contributed by atoms with van der Waals surface area (Å²) in [4.78, 5) is 23.5. The van der Waals surface area contributed by atoms with Gasteiger partial charge < -0.3 is 4.74 Å². The highest BCUT2D eigenvalue weighted by Gasteiger charge is 2.31. The van der Waals surface area contributed by atoms with E-state index in [2.05, 4.69) is 0 Å². The Morgan fingerprint density at radius 1 is 1.50 bits per heavy atom. The van der Waals surface area contributed by atoms with E-state index in [1.807, 2.05) is 0 Å². The number of hydrogen-bond acceptors (Lipinski definition) is 3. The summed E-state index contributed by atoms with van der Waals surface area (Å²) in [5.74, 6) is -1.96. The third-order valence-electron chi connectivity index (χ3n) is 2.51. The normalized spacial score (nSPS) is 13.9. The summed E-state index contributed by atoms with van der Waals surface area (Å²) in [5.41, 5.74) is 0.493. The molecule has 0 spiro atoms. The maximum atomic E-state index is 13.3. The quantitative estimate of drug-likeness (QED) is 0.501. The van der Waals surface area contributed by atoms with Crippen LogP contribution >= 0.6 is 11.6 Å². The number of fused-ring (bicyclic) bond motifs is 1. The fourth-order valence-corrected chi connectivity index (χ4v) is 1.83. The van der Waals surface area contributed by atoms with Crippen LogP contribution in [0.3, 0.4) is 0 Å². The zero-order valence-corrected chi connectivity index (χ0v) is 10.3. The minimum Gasteiger partial charge on any atom is -0.462 e. The molecule has 1 heterocycles. The first-order valence-corrected chi connectivity index (χ1v) is 5.68. The van der Waals surface area contributed by atoms with Crippen LogP contribution in [0, 0.1) is 5.82 Å². The number of ether oxygens (including phenoxy) is 1. The van der Waals surface area contributed by atoms with Crippen molar-refractivity contribution in [3.8, 4) is 0 Å². The number of nitrogens with two attached hydrogens (primary N) is 1. The molecular weight excluding hydrogens is 261 g/mol. The van der Waals surface area contributed by atoms with Gasteiger partial charge in [0, 0.05) is 6.07 Å². The van der Waals surface area contributed by atoms with Crippen LogP contribution in [0.4, 0.5) is 10.1 Å². The van der Waals surface area contributed by atoms with Gasteiger partial charge in [0.2, 0.25) is 5.78 Å². The van der Waals surface area contributed by atoms with Crippen molar-refractivity contribution in [1.82, 2.24) is 0 Å². The molecule has 0 unspecified atom stereocenters. The largest absolute Gasteiger partial charge is 0.462 e. The van der Waals surface area contributed by atoms with E-state index in [1.54, 1.807) is 6.92 Å². The van der Waals surface area contributed by atoms with Gasteiger partial charge in [-0.15, -0.1) is 0 Å². The lowest BCUT2D eigenvalue weighted by molar-refractivity contribution is -0.498. The second-order valence-electron chi connectivity index (χ2n) is 3.65. The zero-order valence-electron chi connectivity index (χ0n) is 9.50. The molecule has 0 saturated carbocycles. The number of rotatable bonds is 2. The number of quaternary nitrogens is 1. The van der Waals surface area contributed by atoms with Gasteiger partial charge in [-0.05, 0) is 13.0 Å². The summed E-state index contributed by atoms with van der Waals surface area (Å²) >= 11 is 5.62. The molecule has 0 aliphatic carbocycles. The van der Waals surface area contributed by atoms with Gasteiger partial charge in [-0.3, -0.25) is 10.1 Å². The molecule has 94 valence electrons. The first-order valence-electron chi connectivity index (χ1n) is 5.30. The minimum absolute atomic E-state index is 0.0641. The Kier molecular flexibility index (Phi) is 3.45. The molecule has 1 aromatic rings. The molecule has 4 nitrogen and oxygen atoms in total. The second kappa shape index (κ2) is 4.88. The van der Waals surface area contributed by atoms with Crippen LogP contribution in [-0.4, -0.2) is 18.4 Å². The molecule has 1 aliphatic heterocycles. The van der Waals surface area contributed by atoms with Gasteiger partial charge in [-0.2, -0.15) is 0 Å². The molecule has 0 atom stereocenters. The fourth-order valence-electron chi connectivity index (χ4n) is 1.66. The van der Waals surface area contributed by atoms with Gasteiger partial charge >= 0.3 is 5.97 Å². The fraction of sp³-hybridized carbons (Fsp3) is 0.167. The van der Waals surface area contributed by atoms with Crippen LogP contribution in [0.25, 0.3) is 0 Å². The molecule has 0 fully saturated rings. The third kappa shape index (κ3) is 2.14. The Balaban J connectivity index is 2.39. The van der Waals surface area contributed by atoms with E-state index >= 15 is 0 Å². The van der Waals surface area contributed by atoms with Crippen LogP contribution in [0.1, 0.15) is 17.3 Å². The molecule has 0 bridgehead atoms. The molecule has 2 rings (SSSR count). The highest BCUT2D eigenvalue weighted by molar-refractivity contribution is 6.32. The Morgan fingerprint density at radius 2 is 2.22 bits per heavy atom. The van der Waals surface area contributed by atoms with Crippen LogP contribution in [0.2, 0.25) is 5.02 Å². The SMILES string of the molecule is CCOC(=O)C1=C[NH2+]c2cc(Cl)c(F)cc2C1=O. The summed E-state index contributed by atoms with van der Waals surface area (Å²) in [5, 5.41) is 1.47. The monoisotopic (exact) mass is 270 g/mol. The van der Waals surface area contributed by atoms with Gasteiger partial charge in [0.05, 0.1) is 17.2 Å². The maximum absolute atomic E-state index is 13.3. The lowest BCUT2D eigenvalue weighted by atomic mass is 9.99. The average molecular weight is 271 g/mol. The van der Waals surface area contributed by atoms with Crippen molar-refractivity contribution in [2.45, 2.75) is 6.92 Å². The molecule has 1 aliphatic rings. The molecule has 6 heteroatoms. The summed E-state index contributed by atoms with van der Waals surface area (Å²) in [6, 6.07) is 2.38. The van der Waals surface area contributed by atoms with Crippen LogP contribution in [-0.2, 0) is 9.53 Å². The van der Waals surface area contributed by atoms with Crippen molar-refractivity contribution in [2.24, 2.45) is 0 Å². The van der Waals surface area contributed by atoms with E-state index in [0.29, 0.717) is 5.69 Å². The summed E-state index contributed by atoms with van der Waals surface area (Å²) < 4.78 is 18.1. The Bertz CT molecular complexity index is 569. The van der Waals surface area contributed by atoms with E-state index in [9.17, 15) is 14.0 Å². The first-order chi connectivity index (χ1) is 8.54. The lowest BCUT2D eigenvalue weighted by Gasteiger charge is -2.12. The molecule has 0 aromatic heterocycles. The highest BCUT2D eigenvalue weighted by atomic mass is 35.5. The number of halogens is 2. The summed E-state index contributed by atoms with van der Waals surface area (Å²) in [6.07, 6.45) is 1.36. The van der Waals surface area contributed by atoms with Gasteiger partial charge in [0.25, 0.3) is 0 Å². The zero-order chi connectivity index (χ0) is 13.3. The summed E-state index contributed by atoms with van der Waals surface area (Å²) in [6.45, 7) is 1.81. The number of ketones is 1. The molecule has 1 aromatic carbocycles. The third-order valence-corrected chi connectivity index (χ3v) is 2.80. The first kappa shape index (κ1) is 12.7. The van der Waals surface area contributed by atoms with Gasteiger partial charge in [0.15, 0.2) is 5.57 Å². The predicted molar refractivity (Wildman–Crippen MR) is 62.0 cm³/mol. The lowest BCUT2D eigenvalue weighted by Crippen LogP contribution is -2.73. The number of hydrogen-bond donors (Lipinski definition) is 1. The maximum Gasteiger partial charge on any atom is 0.347 e. The van der Waals surface area contributed by atoms with Crippen molar-refractivity contribution in [2.75, 3.05) is 6.61 Å². The Labute approximate surface area is 107 Å². The van der Waals surface area contributed by atoms with Gasteiger partial charge in [0.1, 0.15) is 17.7 Å². The standard InChI is InChI=1S/C12H9ClFNO3/c1-2-18-12(17)7-5-15-10-4-8(13)9(14)3-6(10)11(7)16/h3-5H,2H2,1H3,(H,15,16)/p+1. The molecule has 0 radical (unpaired) electrons. The van der Waals surface area contributed by atoms with E-state index in [0.717, 1.165) is 6.07 Å². The van der Waals surface area contributed by atoms with Gasteiger partial charge in [-0.25, -0.2) is 9.18 Å². The number of esters is 1. The Morgan fingerprint density at radius 3 is 2.89 bits per heavy atom. The smallest absolute Gasteiger partial charge is 0.347 e. The van der Waals surface area contributed by atoms with E-state index in [1.165, 1.54) is 17.6 Å². The van der Waals surface area contributed by atoms with Gasteiger partial charge in [-0.1, -0.05) is 11.6 Å². The Hall–Kier alpha value is -1.72. The van der Waals surface area contributed by atoms with Crippen molar-refractivity contribution < 1.29 is 24.0 Å². The van der Waals surface area contributed by atoms with E-state index in [4.69, 9.17) is 16.3 Å². The van der Waals surface area contributed by atoms with Crippen molar-refractivity contribution in [3.05, 3.63) is 40.3 Å². The topological polar surface area (TPSA) is 60.0 Å². The number of carbonyl (C=O) groups is 2. The van der Waals surface area contributed by atoms with Crippen LogP contribution < -0.4 is 5.32 Å². The average Bonchev–Trinajstić information content (AvgIpc) is 2.32. The molecule has 18 heavy (non-hydrogen) atoms. The number of benzene rings is 1. The molecule has 2 N–H and O–H groups in total. The number of carbonyl (C=O) groups excluding carboxylic acids is 2. The number of Topliss-reactive ketones (excluding diaryl/α,β-unsaturated/α-hetero) is 1. The van der Waals surface area contributed by atoms with Crippen molar-refractivity contribution in [3.63, 3.8) is 0 Å². The minimum atomic E-state index is -0.709. The highest BCUT2D eigenvalue weighted by Crippen LogP contribution is 2.25. The van der Waals surface area contributed by atoms with E-state index in [-0.39, 0.29) is 22.8 Å². The predicted octanol–water partition coefficient (Wildman–Crippen LogP) is 1.32. The molecule has 0 saturated heterocycles. The van der Waals surface area contributed by atoms with Crippen LogP contribution in [0.15, 0.2) is 23.9 Å². The van der Waals surface area contributed by atoms with Crippen molar-refractivity contribution in [1.29, 1.82) is 0 Å².